The number of hydrogen-bond donors (Lipinski definition) is 1. The minimum atomic E-state index is -0.347. The quantitative estimate of drug-likeness (QED) is 0.857. The molecule has 4 heteroatoms. The van der Waals surface area contributed by atoms with Crippen LogP contribution in [0.25, 0.3) is 0 Å². The van der Waals surface area contributed by atoms with Crippen LogP contribution < -0.4 is 5.32 Å². The lowest BCUT2D eigenvalue weighted by molar-refractivity contribution is 0.631. The molecule has 0 unspecified atom stereocenters. The smallest absolute Gasteiger partial charge is 0.146 e. The fourth-order valence-electron chi connectivity index (χ4n) is 1.44. The molecule has 0 saturated carbocycles. The van der Waals surface area contributed by atoms with Crippen LogP contribution in [0.1, 0.15) is 11.1 Å². The molecule has 0 aliphatic rings. The Labute approximate surface area is 98.5 Å². The Morgan fingerprint density at radius 2 is 2.12 bits per heavy atom. The van der Waals surface area contributed by atoms with Crippen molar-refractivity contribution in [2.45, 2.75) is 6.92 Å². The van der Waals surface area contributed by atoms with Gasteiger partial charge in [-0.2, -0.15) is 5.26 Å². The van der Waals surface area contributed by atoms with E-state index in [-0.39, 0.29) is 5.82 Å². The van der Waals surface area contributed by atoms with Crippen molar-refractivity contribution in [3.63, 3.8) is 0 Å². The molecule has 2 rings (SSSR count). The van der Waals surface area contributed by atoms with Crippen LogP contribution in [-0.4, -0.2) is 4.98 Å². The van der Waals surface area contributed by atoms with Crippen LogP contribution in [0.4, 0.5) is 15.9 Å². The van der Waals surface area contributed by atoms with E-state index in [0.29, 0.717) is 17.1 Å². The molecule has 17 heavy (non-hydrogen) atoms. The average molecular weight is 227 g/mol. The molecule has 3 nitrogen and oxygen atoms in total. The molecule has 0 radical (unpaired) electrons. The van der Waals surface area contributed by atoms with Gasteiger partial charge in [0.1, 0.15) is 11.6 Å². The SMILES string of the molecule is Cc1ccc(F)c(Nc2cc(C#N)ccn2)c1. The Morgan fingerprint density at radius 3 is 2.88 bits per heavy atom. The lowest BCUT2D eigenvalue weighted by Gasteiger charge is -2.07. The van der Waals surface area contributed by atoms with Crippen molar-refractivity contribution < 1.29 is 4.39 Å². The van der Waals surface area contributed by atoms with Crippen molar-refractivity contribution in [2.75, 3.05) is 5.32 Å². The van der Waals surface area contributed by atoms with Gasteiger partial charge in [0.2, 0.25) is 0 Å². The maximum Gasteiger partial charge on any atom is 0.146 e. The lowest BCUT2D eigenvalue weighted by Crippen LogP contribution is -1.97. The van der Waals surface area contributed by atoms with Crippen molar-refractivity contribution in [3.05, 3.63) is 53.5 Å². The summed E-state index contributed by atoms with van der Waals surface area (Å²) in [5, 5.41) is 11.6. The number of nitrogens with zero attached hydrogens (tertiary/aromatic N) is 2. The molecular formula is C13H10FN3. The van der Waals surface area contributed by atoms with Crippen LogP contribution >= 0.6 is 0 Å². The predicted octanol–water partition coefficient (Wildman–Crippen LogP) is 3.14. The van der Waals surface area contributed by atoms with Crippen molar-refractivity contribution in [1.82, 2.24) is 4.98 Å². The molecule has 0 aliphatic heterocycles. The highest BCUT2D eigenvalue weighted by Crippen LogP contribution is 2.20. The van der Waals surface area contributed by atoms with E-state index in [0.717, 1.165) is 5.56 Å². The van der Waals surface area contributed by atoms with E-state index in [4.69, 9.17) is 5.26 Å². The van der Waals surface area contributed by atoms with E-state index in [1.54, 1.807) is 24.3 Å². The highest BCUT2D eigenvalue weighted by atomic mass is 19.1. The summed E-state index contributed by atoms with van der Waals surface area (Å²) in [5.41, 5.74) is 1.79. The molecule has 1 heterocycles. The number of anilines is 2. The Balaban J connectivity index is 2.31. The summed E-state index contributed by atoms with van der Waals surface area (Å²) >= 11 is 0. The van der Waals surface area contributed by atoms with Crippen LogP contribution in [0, 0.1) is 24.1 Å². The summed E-state index contributed by atoms with van der Waals surface area (Å²) in [6.45, 7) is 1.88. The molecule has 1 N–H and O–H groups in total. The van der Waals surface area contributed by atoms with Gasteiger partial charge in [-0.15, -0.1) is 0 Å². The first-order chi connectivity index (χ1) is 8.19. The summed E-state index contributed by atoms with van der Waals surface area (Å²) < 4.78 is 13.5. The second-order valence-electron chi connectivity index (χ2n) is 3.65. The third-order valence-electron chi connectivity index (χ3n) is 2.27. The second kappa shape index (κ2) is 4.62. The molecule has 0 aliphatic carbocycles. The van der Waals surface area contributed by atoms with Crippen molar-refractivity contribution in [3.8, 4) is 6.07 Å². The fourth-order valence-corrected chi connectivity index (χ4v) is 1.44. The molecule has 0 amide bonds. The summed E-state index contributed by atoms with van der Waals surface area (Å²) in [5.74, 6) is 0.105. The first-order valence-electron chi connectivity index (χ1n) is 5.08. The first kappa shape index (κ1) is 11.1. The van der Waals surface area contributed by atoms with E-state index in [2.05, 4.69) is 10.3 Å². The van der Waals surface area contributed by atoms with Crippen LogP contribution in [-0.2, 0) is 0 Å². The van der Waals surface area contributed by atoms with Gasteiger partial charge in [0.15, 0.2) is 0 Å². The van der Waals surface area contributed by atoms with Crippen molar-refractivity contribution in [2.24, 2.45) is 0 Å². The largest absolute Gasteiger partial charge is 0.338 e. The molecule has 0 atom stereocenters. The van der Waals surface area contributed by atoms with Crippen molar-refractivity contribution >= 4 is 11.5 Å². The molecule has 0 saturated heterocycles. The van der Waals surface area contributed by atoms with Crippen LogP contribution in [0.15, 0.2) is 36.5 Å². The molecular weight excluding hydrogens is 217 g/mol. The number of pyridine rings is 1. The minimum Gasteiger partial charge on any atom is -0.338 e. The molecule has 0 fully saturated rings. The molecule has 2 aromatic rings. The summed E-state index contributed by atoms with van der Waals surface area (Å²) in [7, 11) is 0. The Bertz CT molecular complexity index is 587. The minimum absolute atomic E-state index is 0.347. The summed E-state index contributed by atoms with van der Waals surface area (Å²) in [6.07, 6.45) is 1.51. The number of hydrogen-bond acceptors (Lipinski definition) is 3. The number of halogens is 1. The zero-order valence-corrected chi connectivity index (χ0v) is 9.24. The predicted molar refractivity (Wildman–Crippen MR) is 63.4 cm³/mol. The average Bonchev–Trinajstić information content (AvgIpc) is 2.34. The Kier molecular flexibility index (Phi) is 3.01. The molecule has 0 bridgehead atoms. The number of aryl methyl sites for hydroxylation is 1. The van der Waals surface area contributed by atoms with Crippen LogP contribution in [0.5, 0.6) is 0 Å². The first-order valence-corrected chi connectivity index (χ1v) is 5.08. The van der Waals surface area contributed by atoms with Gasteiger partial charge in [0.25, 0.3) is 0 Å². The van der Waals surface area contributed by atoms with Crippen molar-refractivity contribution in [1.29, 1.82) is 5.26 Å². The van der Waals surface area contributed by atoms with Gasteiger partial charge in [0, 0.05) is 6.20 Å². The molecule has 0 spiro atoms. The van der Waals surface area contributed by atoms with Gasteiger partial charge in [-0.3, -0.25) is 0 Å². The monoisotopic (exact) mass is 227 g/mol. The Morgan fingerprint density at radius 1 is 1.29 bits per heavy atom. The van der Waals surface area contributed by atoms with E-state index >= 15 is 0 Å². The zero-order chi connectivity index (χ0) is 12.3. The maximum absolute atomic E-state index is 13.5. The number of benzene rings is 1. The third kappa shape index (κ3) is 2.58. The Hall–Kier alpha value is -2.41. The zero-order valence-electron chi connectivity index (χ0n) is 9.24. The second-order valence-corrected chi connectivity index (χ2v) is 3.65. The highest BCUT2D eigenvalue weighted by molar-refractivity contribution is 5.59. The van der Waals surface area contributed by atoms with Gasteiger partial charge in [-0.1, -0.05) is 6.07 Å². The fraction of sp³-hybridized carbons (Fsp3) is 0.0769. The third-order valence-corrected chi connectivity index (χ3v) is 2.27. The van der Waals surface area contributed by atoms with E-state index in [9.17, 15) is 4.39 Å². The summed E-state index contributed by atoms with van der Waals surface area (Å²) in [4.78, 5) is 4.02. The molecule has 84 valence electrons. The van der Waals surface area contributed by atoms with E-state index in [1.165, 1.54) is 12.3 Å². The van der Waals surface area contributed by atoms with Crippen LogP contribution in [0.3, 0.4) is 0 Å². The van der Waals surface area contributed by atoms with Gasteiger partial charge in [-0.25, -0.2) is 9.37 Å². The van der Waals surface area contributed by atoms with Gasteiger partial charge >= 0.3 is 0 Å². The molecule has 1 aromatic heterocycles. The maximum atomic E-state index is 13.5. The van der Waals surface area contributed by atoms with Gasteiger partial charge in [-0.05, 0) is 36.8 Å². The summed E-state index contributed by atoms with van der Waals surface area (Å²) in [6, 6.07) is 9.95. The lowest BCUT2D eigenvalue weighted by atomic mass is 10.2. The van der Waals surface area contributed by atoms with E-state index in [1.807, 2.05) is 13.0 Å². The highest BCUT2D eigenvalue weighted by Gasteiger charge is 2.03. The number of aromatic nitrogens is 1. The number of nitriles is 1. The van der Waals surface area contributed by atoms with Gasteiger partial charge in [0.05, 0.1) is 17.3 Å². The topological polar surface area (TPSA) is 48.7 Å². The number of nitrogens with one attached hydrogen (secondary N) is 1. The van der Waals surface area contributed by atoms with Gasteiger partial charge < -0.3 is 5.32 Å². The normalized spacial score (nSPS) is 9.71. The van der Waals surface area contributed by atoms with Crippen LogP contribution in [0.2, 0.25) is 0 Å². The number of rotatable bonds is 2. The standard InChI is InChI=1S/C13H10FN3/c1-9-2-3-11(14)12(6-9)17-13-7-10(8-15)4-5-16-13/h2-7H,1H3,(H,16,17). The molecule has 1 aromatic carbocycles. The van der Waals surface area contributed by atoms with E-state index < -0.39 is 0 Å².